The molecule has 0 atom stereocenters. The number of primary amides is 1. The van der Waals surface area contributed by atoms with Crippen molar-refractivity contribution in [1.82, 2.24) is 63.7 Å². The first-order valence-corrected chi connectivity index (χ1v) is 24.1. The van der Waals surface area contributed by atoms with Gasteiger partial charge in [0, 0.05) is 52.4 Å². The summed E-state index contributed by atoms with van der Waals surface area (Å²) >= 11 is 0. The van der Waals surface area contributed by atoms with Crippen molar-refractivity contribution in [1.29, 1.82) is 5.26 Å². The maximum Gasteiger partial charge on any atom is 0.267 e. The third-order valence-corrected chi connectivity index (χ3v) is 12.7. The second-order valence-electron chi connectivity index (χ2n) is 17.7. The van der Waals surface area contributed by atoms with Crippen molar-refractivity contribution < 1.29 is 4.79 Å². The number of imidazole rings is 3. The number of nitrogens with one attached hydrogen (secondary N) is 1. The molecule has 16 heteroatoms. The van der Waals surface area contributed by atoms with Crippen LogP contribution < -0.4 is 5.73 Å². The van der Waals surface area contributed by atoms with Gasteiger partial charge in [0.25, 0.3) is 5.91 Å². The van der Waals surface area contributed by atoms with Gasteiger partial charge in [0.2, 0.25) is 5.82 Å². The lowest BCUT2D eigenvalue weighted by atomic mass is 9.98. The standard InChI is InChI=1S/C20H15N7.C20H16N4O.C20H14N4/c1-13-5-4-8-17(22-13)16-7-3-2-6-15(16)14-9-10-19-21-11-18(27(19)12-14)20-23-25-26-24-20;1-13-5-4-8-17(23-13)16-7-3-2-6-15(16)14-9-10-19-22-11-18(20(21)25)24(19)12-14;1-14-5-4-8-19(23-14)18-7-3-2-6-17(18)15-9-10-20-22-12-16(11-21)24(20)13-15/h2-12H,1H3,(H,23,24,25,26);2-12H,1H3,(H2,21,25);2-10,12-13H,1H3. The minimum atomic E-state index is -0.502. The number of hydrogen-bond donors (Lipinski definition) is 2. The smallest absolute Gasteiger partial charge is 0.267 e. The van der Waals surface area contributed by atoms with Gasteiger partial charge in [-0.05, 0) is 132 Å². The summed E-state index contributed by atoms with van der Waals surface area (Å²) in [6, 6.07) is 56.6. The lowest BCUT2D eigenvalue weighted by molar-refractivity contribution is 0.0994. The summed E-state index contributed by atoms with van der Waals surface area (Å²) in [5.41, 5.74) is 24.6. The van der Waals surface area contributed by atoms with Gasteiger partial charge in [-0.25, -0.2) is 15.0 Å². The van der Waals surface area contributed by atoms with E-state index in [-0.39, 0.29) is 0 Å². The second kappa shape index (κ2) is 20.7. The molecule has 0 aliphatic heterocycles. The van der Waals surface area contributed by atoms with Crippen molar-refractivity contribution in [3.8, 4) is 84.7 Å². The van der Waals surface area contributed by atoms with Gasteiger partial charge in [-0.1, -0.05) is 91.0 Å². The molecule has 10 aromatic heterocycles. The zero-order valence-electron chi connectivity index (χ0n) is 41.4. The number of tetrazole rings is 1. The highest BCUT2D eigenvalue weighted by Gasteiger charge is 2.16. The Morgan fingerprint density at radius 1 is 0.487 bits per heavy atom. The lowest BCUT2D eigenvalue weighted by Gasteiger charge is -2.11. The van der Waals surface area contributed by atoms with Crippen LogP contribution in [0.1, 0.15) is 33.3 Å². The van der Waals surface area contributed by atoms with E-state index in [1.807, 2.05) is 182 Å². The van der Waals surface area contributed by atoms with E-state index in [1.54, 1.807) is 16.8 Å². The molecule has 3 N–H and O–H groups in total. The zero-order chi connectivity index (χ0) is 52.1. The molecule has 13 rings (SSSR count). The summed E-state index contributed by atoms with van der Waals surface area (Å²) in [5.74, 6) is 0.00609. The number of amides is 1. The van der Waals surface area contributed by atoms with Crippen LogP contribution in [0.3, 0.4) is 0 Å². The number of aromatic nitrogens is 13. The van der Waals surface area contributed by atoms with Gasteiger partial charge in [0.1, 0.15) is 40.1 Å². The van der Waals surface area contributed by atoms with Gasteiger partial charge in [0.05, 0.1) is 35.7 Å². The second-order valence-corrected chi connectivity index (χ2v) is 17.7. The third-order valence-electron chi connectivity index (χ3n) is 12.7. The third kappa shape index (κ3) is 9.65. The molecular formula is C60H45N15O. The van der Waals surface area contributed by atoms with Gasteiger partial charge in [0.15, 0.2) is 0 Å². The first-order valence-electron chi connectivity index (χ1n) is 24.1. The maximum atomic E-state index is 11.6. The number of nitrogens with two attached hydrogens (primary N) is 1. The summed E-state index contributed by atoms with van der Waals surface area (Å²) in [5, 5.41) is 23.5. The van der Waals surface area contributed by atoms with Crippen LogP contribution in [0.5, 0.6) is 0 Å². The van der Waals surface area contributed by atoms with Crippen molar-refractivity contribution in [3.05, 3.63) is 229 Å². The highest BCUT2D eigenvalue weighted by Crippen LogP contribution is 2.35. The molecule has 0 bridgehead atoms. The summed E-state index contributed by atoms with van der Waals surface area (Å²) in [6.45, 7) is 5.96. The van der Waals surface area contributed by atoms with E-state index in [2.05, 4.69) is 86.9 Å². The molecule has 0 aliphatic rings. The molecule has 0 spiro atoms. The predicted octanol–water partition coefficient (Wildman–Crippen LogP) is 11.3. The van der Waals surface area contributed by atoms with Gasteiger partial charge < -0.3 is 5.73 Å². The molecule has 0 radical (unpaired) electrons. The Labute approximate surface area is 435 Å². The number of rotatable bonds is 8. The molecular weight excluding hydrogens is 947 g/mol. The van der Waals surface area contributed by atoms with Gasteiger partial charge in [-0.15, -0.1) is 10.2 Å². The summed E-state index contributed by atoms with van der Waals surface area (Å²) in [4.78, 5) is 38.5. The number of aromatic amines is 1. The number of benzene rings is 3. The molecule has 1 amide bonds. The molecule has 0 saturated carbocycles. The molecule has 0 fully saturated rings. The van der Waals surface area contributed by atoms with Crippen molar-refractivity contribution in [2.24, 2.45) is 5.73 Å². The molecule has 3 aromatic carbocycles. The topological polar surface area (TPSA) is 212 Å². The number of nitriles is 1. The normalized spacial score (nSPS) is 10.9. The molecule has 0 aliphatic carbocycles. The van der Waals surface area contributed by atoms with Crippen molar-refractivity contribution in [2.75, 3.05) is 0 Å². The molecule has 10 heterocycles. The first-order chi connectivity index (χ1) is 37.2. The average Bonchev–Trinajstić information content (AvgIpc) is 4.32. The van der Waals surface area contributed by atoms with E-state index < -0.39 is 5.91 Å². The number of carbonyl (C=O) groups excluding carboxylic acids is 1. The van der Waals surface area contributed by atoms with Crippen LogP contribution in [-0.2, 0) is 0 Å². The number of carbonyl (C=O) groups is 1. The van der Waals surface area contributed by atoms with E-state index in [0.29, 0.717) is 22.9 Å². The number of hydrogen-bond acceptors (Lipinski definition) is 11. The minimum Gasteiger partial charge on any atom is -0.364 e. The molecule has 16 nitrogen and oxygen atoms in total. The SMILES string of the molecule is Cc1cccc(-c2ccccc2-c2ccc3ncc(-c4nn[nH]n4)n3c2)n1.Cc1cccc(-c2ccccc2-c2ccc3ncc(C#N)n3c2)n1.Cc1cccc(-c2ccccc2-c2ccc3ncc(C(N)=O)n3c2)n1. The Balaban J connectivity index is 0.000000122. The monoisotopic (exact) mass is 991 g/mol. The fourth-order valence-electron chi connectivity index (χ4n) is 9.07. The quantitative estimate of drug-likeness (QED) is 0.146. The van der Waals surface area contributed by atoms with Crippen molar-refractivity contribution in [3.63, 3.8) is 0 Å². The maximum absolute atomic E-state index is 11.6. The van der Waals surface area contributed by atoms with Crippen LogP contribution in [0, 0.1) is 32.1 Å². The number of aryl methyl sites for hydroxylation is 3. The minimum absolute atomic E-state index is 0.364. The number of fused-ring (bicyclic) bond motifs is 3. The number of nitrogens with zero attached hydrogens (tertiary/aromatic N) is 13. The molecule has 366 valence electrons. The predicted molar refractivity (Wildman–Crippen MR) is 292 cm³/mol. The fraction of sp³-hybridized carbons (Fsp3) is 0.0500. The highest BCUT2D eigenvalue weighted by molar-refractivity contribution is 5.92. The highest BCUT2D eigenvalue weighted by atomic mass is 16.1. The zero-order valence-corrected chi connectivity index (χ0v) is 41.4. The number of pyridine rings is 6. The first kappa shape index (κ1) is 47.5. The Bertz CT molecular complexity index is 4300. The Morgan fingerprint density at radius 2 is 0.908 bits per heavy atom. The summed E-state index contributed by atoms with van der Waals surface area (Å²) in [6.07, 6.45) is 10.7. The lowest BCUT2D eigenvalue weighted by Crippen LogP contribution is -2.13. The van der Waals surface area contributed by atoms with Crippen molar-refractivity contribution >= 4 is 22.8 Å². The van der Waals surface area contributed by atoms with Crippen LogP contribution in [-0.4, -0.2) is 69.6 Å². The Morgan fingerprint density at radius 3 is 1.36 bits per heavy atom. The van der Waals surface area contributed by atoms with Crippen LogP contribution in [0.4, 0.5) is 0 Å². The van der Waals surface area contributed by atoms with Gasteiger partial charge in [-0.2, -0.15) is 10.5 Å². The molecule has 76 heavy (non-hydrogen) atoms. The average molecular weight is 992 g/mol. The van der Waals surface area contributed by atoms with Gasteiger partial charge >= 0.3 is 0 Å². The van der Waals surface area contributed by atoms with Crippen molar-refractivity contribution in [2.45, 2.75) is 20.8 Å². The van der Waals surface area contributed by atoms with E-state index >= 15 is 0 Å². The number of H-pyrrole nitrogens is 1. The van der Waals surface area contributed by atoms with Crippen LogP contribution >= 0.6 is 0 Å². The molecule has 13 aromatic rings. The summed E-state index contributed by atoms with van der Waals surface area (Å²) < 4.78 is 5.51. The van der Waals surface area contributed by atoms with E-state index in [9.17, 15) is 10.1 Å². The van der Waals surface area contributed by atoms with Crippen LogP contribution in [0.15, 0.2) is 201 Å². The Hall–Kier alpha value is -10.8. The van der Waals surface area contributed by atoms with E-state index in [1.165, 1.54) is 6.20 Å². The van der Waals surface area contributed by atoms with Gasteiger partial charge in [-0.3, -0.25) is 32.9 Å². The van der Waals surface area contributed by atoms with E-state index in [0.717, 1.165) is 101 Å². The summed E-state index contributed by atoms with van der Waals surface area (Å²) in [7, 11) is 0. The Kier molecular flexibility index (Phi) is 13.0. The van der Waals surface area contributed by atoms with Crippen LogP contribution in [0.25, 0.3) is 95.6 Å². The van der Waals surface area contributed by atoms with Crippen LogP contribution in [0.2, 0.25) is 0 Å². The molecule has 0 unspecified atom stereocenters. The largest absolute Gasteiger partial charge is 0.364 e. The molecule has 0 saturated heterocycles. The fourth-order valence-corrected chi connectivity index (χ4v) is 9.07. The van der Waals surface area contributed by atoms with E-state index in [4.69, 9.17) is 5.73 Å².